The Morgan fingerprint density at radius 2 is 2.09 bits per heavy atom. The number of halogens is 1. The van der Waals surface area contributed by atoms with Crippen molar-refractivity contribution in [2.24, 2.45) is 0 Å². The summed E-state index contributed by atoms with van der Waals surface area (Å²) in [5, 5.41) is 5.77. The number of benzene rings is 1. The average Bonchev–Trinajstić information content (AvgIpc) is 3.17. The fourth-order valence-electron chi connectivity index (χ4n) is 3.33. The molecule has 4 nitrogen and oxygen atoms in total. The lowest BCUT2D eigenvalue weighted by Gasteiger charge is -2.02. The molecule has 0 fully saturated rings. The van der Waals surface area contributed by atoms with Gasteiger partial charge in [0.1, 0.15) is 10.7 Å². The van der Waals surface area contributed by atoms with E-state index in [0.29, 0.717) is 0 Å². The van der Waals surface area contributed by atoms with Crippen LogP contribution >= 0.6 is 27.3 Å². The molecule has 1 aliphatic carbocycles. The molecule has 3 heterocycles. The van der Waals surface area contributed by atoms with Crippen LogP contribution in [0.1, 0.15) is 33.8 Å². The van der Waals surface area contributed by atoms with Gasteiger partial charge in [-0.1, -0.05) is 40.2 Å². The summed E-state index contributed by atoms with van der Waals surface area (Å²) in [6.07, 6.45) is 0.994. The van der Waals surface area contributed by atoms with E-state index in [1.54, 1.807) is 11.3 Å². The SMILES string of the molecule is Cc1nc2sc3c(c2c2nc(C(C)Br)nn12)-c1ccccc1C3. The Morgan fingerprint density at radius 3 is 2.91 bits per heavy atom. The van der Waals surface area contributed by atoms with Crippen LogP contribution in [0.2, 0.25) is 0 Å². The number of hydrogen-bond acceptors (Lipinski definition) is 4. The normalized spacial score (nSPS) is 14.4. The molecule has 1 aliphatic rings. The van der Waals surface area contributed by atoms with E-state index in [2.05, 4.69) is 45.3 Å². The molecule has 1 aromatic carbocycles. The van der Waals surface area contributed by atoms with E-state index in [0.717, 1.165) is 33.9 Å². The molecule has 0 amide bonds. The lowest BCUT2D eigenvalue weighted by Crippen LogP contribution is -1.98. The number of rotatable bonds is 1. The molecule has 0 radical (unpaired) electrons. The van der Waals surface area contributed by atoms with E-state index in [9.17, 15) is 0 Å². The molecule has 0 saturated carbocycles. The molecule has 6 heteroatoms. The van der Waals surface area contributed by atoms with Crippen molar-refractivity contribution >= 4 is 43.1 Å². The first-order valence-electron chi connectivity index (χ1n) is 7.54. The maximum Gasteiger partial charge on any atom is 0.168 e. The second kappa shape index (κ2) is 4.61. The van der Waals surface area contributed by atoms with E-state index in [-0.39, 0.29) is 4.83 Å². The molecule has 0 spiro atoms. The smallest absolute Gasteiger partial charge is 0.168 e. The third-order valence-corrected chi connectivity index (χ3v) is 5.87. The summed E-state index contributed by atoms with van der Waals surface area (Å²) in [6, 6.07) is 8.62. The van der Waals surface area contributed by atoms with Crippen LogP contribution in [0.15, 0.2) is 24.3 Å². The van der Waals surface area contributed by atoms with Crippen molar-refractivity contribution in [3.8, 4) is 11.1 Å². The summed E-state index contributed by atoms with van der Waals surface area (Å²) in [4.78, 5) is 12.1. The van der Waals surface area contributed by atoms with Crippen molar-refractivity contribution < 1.29 is 0 Å². The monoisotopic (exact) mass is 384 g/mol. The number of fused-ring (bicyclic) bond motifs is 7. The first-order chi connectivity index (χ1) is 11.1. The van der Waals surface area contributed by atoms with Gasteiger partial charge in [0.25, 0.3) is 0 Å². The van der Waals surface area contributed by atoms with E-state index in [1.807, 2.05) is 18.4 Å². The van der Waals surface area contributed by atoms with Crippen molar-refractivity contribution in [2.45, 2.75) is 25.1 Å². The highest BCUT2D eigenvalue weighted by atomic mass is 79.9. The summed E-state index contributed by atoms with van der Waals surface area (Å²) in [6.45, 7) is 4.03. The Kier molecular flexibility index (Phi) is 2.73. The van der Waals surface area contributed by atoms with Crippen LogP contribution in [-0.2, 0) is 6.42 Å². The first kappa shape index (κ1) is 13.6. The molecule has 1 atom stereocenters. The van der Waals surface area contributed by atoms with Gasteiger partial charge in [-0.25, -0.2) is 9.97 Å². The zero-order valence-electron chi connectivity index (χ0n) is 12.7. The lowest BCUT2D eigenvalue weighted by atomic mass is 10.1. The number of aromatic nitrogens is 4. The van der Waals surface area contributed by atoms with Crippen molar-refractivity contribution in [1.82, 2.24) is 19.6 Å². The molecule has 0 saturated heterocycles. The largest absolute Gasteiger partial charge is 0.222 e. The summed E-state index contributed by atoms with van der Waals surface area (Å²) in [7, 11) is 0. The second-order valence-corrected chi connectivity index (χ2v) is 8.35. The van der Waals surface area contributed by atoms with Crippen LogP contribution in [0.3, 0.4) is 0 Å². The fraction of sp³-hybridized carbons (Fsp3) is 0.235. The lowest BCUT2D eigenvalue weighted by molar-refractivity contribution is 0.835. The number of aryl methyl sites for hydroxylation is 1. The average molecular weight is 385 g/mol. The van der Waals surface area contributed by atoms with Gasteiger partial charge in [0, 0.05) is 16.9 Å². The molecular formula is C17H13BrN4S. The van der Waals surface area contributed by atoms with Gasteiger partial charge in [-0.2, -0.15) is 4.52 Å². The Balaban J connectivity index is 1.95. The molecule has 0 bridgehead atoms. The predicted octanol–water partition coefficient (Wildman–Crippen LogP) is 4.67. The van der Waals surface area contributed by atoms with Crippen molar-refractivity contribution in [1.29, 1.82) is 0 Å². The Morgan fingerprint density at radius 1 is 1.26 bits per heavy atom. The van der Waals surface area contributed by atoms with Crippen LogP contribution in [0.5, 0.6) is 0 Å². The van der Waals surface area contributed by atoms with E-state index in [1.165, 1.54) is 21.6 Å². The zero-order valence-corrected chi connectivity index (χ0v) is 15.1. The van der Waals surface area contributed by atoms with Crippen LogP contribution in [-0.4, -0.2) is 19.6 Å². The fourth-order valence-corrected chi connectivity index (χ4v) is 4.77. The minimum Gasteiger partial charge on any atom is -0.222 e. The highest BCUT2D eigenvalue weighted by molar-refractivity contribution is 9.09. The van der Waals surface area contributed by atoms with Gasteiger partial charge < -0.3 is 0 Å². The minimum atomic E-state index is 0.121. The highest BCUT2D eigenvalue weighted by Gasteiger charge is 2.27. The molecule has 1 unspecified atom stereocenters. The number of alkyl halides is 1. The van der Waals surface area contributed by atoms with Crippen molar-refractivity contribution in [2.75, 3.05) is 0 Å². The third kappa shape index (κ3) is 1.79. The molecular weight excluding hydrogens is 372 g/mol. The molecule has 114 valence electrons. The second-order valence-electron chi connectivity index (χ2n) is 5.89. The maximum atomic E-state index is 4.80. The predicted molar refractivity (Wildman–Crippen MR) is 96.5 cm³/mol. The Bertz CT molecular complexity index is 1090. The third-order valence-electron chi connectivity index (χ3n) is 4.37. The summed E-state index contributed by atoms with van der Waals surface area (Å²) >= 11 is 5.36. The standard InChI is InChI=1S/C17H13BrN4S/c1-8(18)15-20-16-14-13-11-6-4-3-5-10(11)7-12(13)23-17(14)19-9(2)22(16)21-15/h3-6,8H,7H2,1-2H3. The van der Waals surface area contributed by atoms with E-state index in [4.69, 9.17) is 9.97 Å². The summed E-state index contributed by atoms with van der Waals surface area (Å²) in [5.41, 5.74) is 4.93. The van der Waals surface area contributed by atoms with Gasteiger partial charge in [0.15, 0.2) is 11.5 Å². The molecule has 3 aromatic heterocycles. The topological polar surface area (TPSA) is 43.1 Å². The van der Waals surface area contributed by atoms with Gasteiger partial charge in [-0.3, -0.25) is 0 Å². The van der Waals surface area contributed by atoms with E-state index >= 15 is 0 Å². The quantitative estimate of drug-likeness (QED) is 0.394. The molecule has 23 heavy (non-hydrogen) atoms. The highest BCUT2D eigenvalue weighted by Crippen LogP contribution is 2.47. The van der Waals surface area contributed by atoms with Crippen LogP contribution in [0.25, 0.3) is 27.0 Å². The minimum absolute atomic E-state index is 0.121. The number of hydrogen-bond donors (Lipinski definition) is 0. The van der Waals surface area contributed by atoms with Crippen LogP contribution in [0.4, 0.5) is 0 Å². The number of nitrogens with zero attached hydrogens (tertiary/aromatic N) is 4. The van der Waals surface area contributed by atoms with Gasteiger partial charge in [0.05, 0.1) is 10.2 Å². The van der Waals surface area contributed by atoms with Crippen molar-refractivity contribution in [3.05, 3.63) is 46.4 Å². The number of thiophene rings is 1. The maximum absolute atomic E-state index is 4.80. The molecule has 4 aromatic rings. The van der Waals surface area contributed by atoms with Gasteiger partial charge in [-0.05, 0) is 25.0 Å². The van der Waals surface area contributed by atoms with Gasteiger partial charge >= 0.3 is 0 Å². The first-order valence-corrected chi connectivity index (χ1v) is 9.27. The Hall–Kier alpha value is -1.79. The van der Waals surface area contributed by atoms with Crippen LogP contribution in [0, 0.1) is 6.92 Å². The zero-order chi connectivity index (χ0) is 15.7. The van der Waals surface area contributed by atoms with E-state index < -0.39 is 0 Å². The van der Waals surface area contributed by atoms with Gasteiger partial charge in [0.2, 0.25) is 0 Å². The molecule has 0 N–H and O–H groups in total. The molecule has 0 aliphatic heterocycles. The molecule has 5 rings (SSSR count). The van der Waals surface area contributed by atoms with Crippen molar-refractivity contribution in [3.63, 3.8) is 0 Å². The Labute approximate surface area is 145 Å². The van der Waals surface area contributed by atoms with Crippen LogP contribution < -0.4 is 0 Å². The summed E-state index contributed by atoms with van der Waals surface area (Å²) in [5.74, 6) is 1.68. The van der Waals surface area contributed by atoms with Gasteiger partial charge in [-0.15, -0.1) is 16.4 Å². The summed E-state index contributed by atoms with van der Waals surface area (Å²) < 4.78 is 1.88.